The molecule has 2 rings (SSSR count). The molecule has 0 unspecified atom stereocenters. The highest BCUT2D eigenvalue weighted by Crippen LogP contribution is 2.21. The predicted molar refractivity (Wildman–Crippen MR) is 57.3 cm³/mol. The second-order valence-electron chi connectivity index (χ2n) is 2.99. The summed E-state index contributed by atoms with van der Waals surface area (Å²) in [7, 11) is 0. The van der Waals surface area contributed by atoms with E-state index in [0.717, 1.165) is 9.59 Å². The zero-order valence-electron chi connectivity index (χ0n) is 8.25. The average Bonchev–Trinajstić information content (AvgIpc) is 2.76. The molecule has 0 aromatic carbocycles. The SMILES string of the molecule is FC(F)n1ccnc1CSc1ccccn1. The maximum atomic E-state index is 12.5. The Bertz CT molecular complexity index is 444. The van der Waals surface area contributed by atoms with Gasteiger partial charge in [-0.25, -0.2) is 9.97 Å². The smallest absolute Gasteiger partial charge is 0.277 e. The molecule has 6 heteroatoms. The minimum absolute atomic E-state index is 0.352. The summed E-state index contributed by atoms with van der Waals surface area (Å²) in [5, 5.41) is 0.798. The first-order valence-electron chi connectivity index (χ1n) is 4.61. The van der Waals surface area contributed by atoms with Gasteiger partial charge in [-0.2, -0.15) is 8.78 Å². The van der Waals surface area contributed by atoms with Gasteiger partial charge in [-0.15, -0.1) is 0 Å². The van der Waals surface area contributed by atoms with E-state index < -0.39 is 6.55 Å². The van der Waals surface area contributed by atoms with Crippen molar-refractivity contribution in [3.63, 3.8) is 0 Å². The average molecular weight is 241 g/mol. The van der Waals surface area contributed by atoms with Crippen LogP contribution < -0.4 is 0 Å². The van der Waals surface area contributed by atoms with Crippen LogP contribution in [-0.2, 0) is 5.75 Å². The number of nitrogens with zero attached hydrogens (tertiary/aromatic N) is 3. The maximum absolute atomic E-state index is 12.5. The Labute approximate surface area is 95.5 Å². The lowest BCUT2D eigenvalue weighted by Crippen LogP contribution is -2.02. The number of rotatable bonds is 4. The highest BCUT2D eigenvalue weighted by atomic mass is 32.2. The molecule has 0 atom stereocenters. The summed E-state index contributed by atoms with van der Waals surface area (Å²) in [6.07, 6.45) is 4.32. The van der Waals surface area contributed by atoms with E-state index in [9.17, 15) is 8.78 Å². The molecule has 2 heterocycles. The second kappa shape index (κ2) is 5.07. The first kappa shape index (κ1) is 11.1. The van der Waals surface area contributed by atoms with Crippen LogP contribution in [-0.4, -0.2) is 14.5 Å². The van der Waals surface area contributed by atoms with Crippen molar-refractivity contribution in [1.29, 1.82) is 0 Å². The minimum atomic E-state index is -2.54. The maximum Gasteiger partial charge on any atom is 0.319 e. The van der Waals surface area contributed by atoms with Crippen molar-refractivity contribution in [3.05, 3.63) is 42.6 Å². The van der Waals surface area contributed by atoms with Crippen molar-refractivity contribution in [2.75, 3.05) is 0 Å². The molecule has 0 aliphatic rings. The van der Waals surface area contributed by atoms with E-state index in [1.54, 1.807) is 6.20 Å². The van der Waals surface area contributed by atoms with Crippen LogP contribution in [0.4, 0.5) is 8.78 Å². The fourth-order valence-electron chi connectivity index (χ4n) is 1.20. The lowest BCUT2D eigenvalue weighted by Gasteiger charge is -2.05. The molecule has 0 amide bonds. The topological polar surface area (TPSA) is 30.7 Å². The highest BCUT2D eigenvalue weighted by Gasteiger charge is 2.11. The van der Waals surface area contributed by atoms with Gasteiger partial charge in [0.15, 0.2) is 0 Å². The summed E-state index contributed by atoms with van der Waals surface area (Å²) in [4.78, 5) is 7.98. The third kappa shape index (κ3) is 2.57. The fraction of sp³-hybridized carbons (Fsp3) is 0.200. The van der Waals surface area contributed by atoms with Crippen molar-refractivity contribution in [3.8, 4) is 0 Å². The van der Waals surface area contributed by atoms with Gasteiger partial charge >= 0.3 is 6.55 Å². The summed E-state index contributed by atoms with van der Waals surface area (Å²) in [5.74, 6) is 0.736. The number of pyridine rings is 1. The van der Waals surface area contributed by atoms with Crippen LogP contribution in [0.2, 0.25) is 0 Å². The monoisotopic (exact) mass is 241 g/mol. The third-order valence-electron chi connectivity index (χ3n) is 1.95. The van der Waals surface area contributed by atoms with Gasteiger partial charge in [0.25, 0.3) is 0 Å². The number of aromatic nitrogens is 3. The number of halogens is 2. The molecule has 3 nitrogen and oxygen atoms in total. The van der Waals surface area contributed by atoms with E-state index in [4.69, 9.17) is 0 Å². The Morgan fingerprint density at radius 2 is 2.12 bits per heavy atom. The van der Waals surface area contributed by atoms with Gasteiger partial charge in [-0.05, 0) is 12.1 Å². The molecule has 2 aromatic rings. The van der Waals surface area contributed by atoms with Gasteiger partial charge in [-0.1, -0.05) is 17.8 Å². The minimum Gasteiger partial charge on any atom is -0.277 e. The van der Waals surface area contributed by atoms with E-state index in [1.807, 2.05) is 18.2 Å². The summed E-state index contributed by atoms with van der Waals surface area (Å²) < 4.78 is 25.8. The van der Waals surface area contributed by atoms with Gasteiger partial charge in [0.1, 0.15) is 5.82 Å². The fourth-order valence-corrected chi connectivity index (χ4v) is 2.02. The molecule has 0 spiro atoms. The molecular formula is C10H9F2N3S. The standard InChI is InChI=1S/C10H9F2N3S/c11-10(12)15-6-5-13-8(15)7-16-9-3-1-2-4-14-9/h1-6,10H,7H2. The molecule has 0 radical (unpaired) electrons. The lowest BCUT2D eigenvalue weighted by molar-refractivity contribution is 0.0678. The zero-order chi connectivity index (χ0) is 11.4. The Balaban J connectivity index is 2.02. The van der Waals surface area contributed by atoms with Gasteiger partial charge in [-0.3, -0.25) is 4.57 Å². The van der Waals surface area contributed by atoms with Gasteiger partial charge in [0.2, 0.25) is 0 Å². The molecule has 0 fully saturated rings. The van der Waals surface area contributed by atoms with Crippen LogP contribution in [0.5, 0.6) is 0 Å². The molecular weight excluding hydrogens is 232 g/mol. The highest BCUT2D eigenvalue weighted by molar-refractivity contribution is 7.98. The number of alkyl halides is 2. The van der Waals surface area contributed by atoms with E-state index in [0.29, 0.717) is 11.6 Å². The van der Waals surface area contributed by atoms with Crippen LogP contribution >= 0.6 is 11.8 Å². The van der Waals surface area contributed by atoms with Crippen LogP contribution in [0.3, 0.4) is 0 Å². The van der Waals surface area contributed by atoms with Crippen molar-refractivity contribution < 1.29 is 8.78 Å². The Kier molecular flexibility index (Phi) is 3.51. The van der Waals surface area contributed by atoms with E-state index in [-0.39, 0.29) is 0 Å². The van der Waals surface area contributed by atoms with Gasteiger partial charge in [0, 0.05) is 18.6 Å². The number of hydrogen-bond acceptors (Lipinski definition) is 3. The number of imidazole rings is 1. The van der Waals surface area contributed by atoms with E-state index in [2.05, 4.69) is 9.97 Å². The second-order valence-corrected chi connectivity index (χ2v) is 3.98. The molecule has 84 valence electrons. The van der Waals surface area contributed by atoms with Crippen LogP contribution in [0.1, 0.15) is 12.4 Å². The predicted octanol–water partition coefficient (Wildman–Crippen LogP) is 2.97. The third-order valence-corrected chi connectivity index (χ3v) is 2.89. The summed E-state index contributed by atoms with van der Waals surface area (Å²) in [6.45, 7) is -2.54. The van der Waals surface area contributed by atoms with E-state index in [1.165, 1.54) is 24.2 Å². The first-order valence-corrected chi connectivity index (χ1v) is 5.59. The summed E-state index contributed by atoms with van der Waals surface area (Å²) in [5.41, 5.74) is 0. The Morgan fingerprint density at radius 1 is 1.25 bits per heavy atom. The number of hydrogen-bond donors (Lipinski definition) is 0. The van der Waals surface area contributed by atoms with Crippen LogP contribution in [0, 0.1) is 0 Å². The van der Waals surface area contributed by atoms with Crippen LogP contribution in [0.25, 0.3) is 0 Å². The molecule has 0 N–H and O–H groups in total. The number of thioether (sulfide) groups is 1. The molecule has 0 bridgehead atoms. The lowest BCUT2D eigenvalue weighted by atomic mass is 10.5. The zero-order valence-corrected chi connectivity index (χ0v) is 9.07. The van der Waals surface area contributed by atoms with Crippen molar-refractivity contribution in [1.82, 2.24) is 14.5 Å². The Hall–Kier alpha value is -1.43. The van der Waals surface area contributed by atoms with Crippen molar-refractivity contribution in [2.24, 2.45) is 0 Å². The molecule has 0 saturated carbocycles. The van der Waals surface area contributed by atoms with Gasteiger partial charge < -0.3 is 0 Å². The molecule has 0 aliphatic heterocycles. The molecule has 0 aliphatic carbocycles. The van der Waals surface area contributed by atoms with E-state index >= 15 is 0 Å². The quantitative estimate of drug-likeness (QED) is 0.771. The Morgan fingerprint density at radius 3 is 2.81 bits per heavy atom. The molecule has 2 aromatic heterocycles. The summed E-state index contributed by atoms with van der Waals surface area (Å²) in [6, 6.07) is 5.50. The molecule has 16 heavy (non-hydrogen) atoms. The first-order chi connectivity index (χ1) is 7.77. The van der Waals surface area contributed by atoms with Gasteiger partial charge in [0.05, 0.1) is 10.8 Å². The van der Waals surface area contributed by atoms with Crippen molar-refractivity contribution in [2.45, 2.75) is 17.3 Å². The molecule has 0 saturated heterocycles. The largest absolute Gasteiger partial charge is 0.319 e. The van der Waals surface area contributed by atoms with Crippen molar-refractivity contribution >= 4 is 11.8 Å². The van der Waals surface area contributed by atoms with Crippen LogP contribution in [0.15, 0.2) is 41.8 Å². The summed E-state index contributed by atoms with van der Waals surface area (Å²) >= 11 is 1.38. The normalized spacial score (nSPS) is 10.9.